The highest BCUT2D eigenvalue weighted by molar-refractivity contribution is 7.99. The average molecular weight is 277 g/mol. The number of hydrogen-bond donors (Lipinski definition) is 1. The fourth-order valence-corrected chi connectivity index (χ4v) is 2.30. The zero-order valence-corrected chi connectivity index (χ0v) is 10.2. The number of hydrogen-bond acceptors (Lipinski definition) is 6. The Morgan fingerprint density at radius 1 is 1.37 bits per heavy atom. The monoisotopic (exact) mass is 277 g/mol. The Balaban J connectivity index is 2.48. The van der Waals surface area contributed by atoms with Gasteiger partial charge in [-0.25, -0.2) is 9.78 Å². The van der Waals surface area contributed by atoms with Crippen LogP contribution in [0.1, 0.15) is 10.4 Å². The Hall–Kier alpha value is -2.48. The van der Waals surface area contributed by atoms with Gasteiger partial charge in [-0.3, -0.25) is 15.1 Å². The van der Waals surface area contributed by atoms with E-state index in [1.807, 2.05) is 0 Å². The minimum absolute atomic E-state index is 0.213. The Morgan fingerprint density at radius 2 is 2.16 bits per heavy atom. The molecule has 0 aliphatic rings. The SMILES string of the molecule is O=C(O)c1cccc(Sc2cnccn2)c1[N+](=O)[O-]. The second-order valence-corrected chi connectivity index (χ2v) is 4.42. The lowest BCUT2D eigenvalue weighted by Crippen LogP contribution is -2.03. The summed E-state index contributed by atoms with van der Waals surface area (Å²) < 4.78 is 0. The van der Waals surface area contributed by atoms with Gasteiger partial charge in [0.2, 0.25) is 0 Å². The predicted molar refractivity (Wildman–Crippen MR) is 66.2 cm³/mol. The number of carboxylic acid groups (broad SMARTS) is 1. The molecule has 1 N–H and O–H groups in total. The highest BCUT2D eigenvalue weighted by Gasteiger charge is 2.24. The van der Waals surface area contributed by atoms with Gasteiger partial charge < -0.3 is 5.11 Å². The number of benzene rings is 1. The summed E-state index contributed by atoms with van der Waals surface area (Å²) in [5.74, 6) is -1.34. The van der Waals surface area contributed by atoms with Crippen molar-refractivity contribution in [3.05, 3.63) is 52.5 Å². The number of aromatic nitrogens is 2. The normalized spacial score (nSPS) is 10.1. The number of para-hydroxylation sites is 1. The summed E-state index contributed by atoms with van der Waals surface area (Å²) in [5, 5.41) is 20.4. The zero-order valence-electron chi connectivity index (χ0n) is 9.39. The molecular formula is C11H7N3O4S. The molecule has 1 aromatic carbocycles. The van der Waals surface area contributed by atoms with Crippen LogP contribution in [0.25, 0.3) is 0 Å². The van der Waals surface area contributed by atoms with E-state index in [0.29, 0.717) is 5.03 Å². The van der Waals surface area contributed by atoms with Crippen LogP contribution in [-0.4, -0.2) is 26.0 Å². The molecule has 0 bridgehead atoms. The van der Waals surface area contributed by atoms with Gasteiger partial charge in [-0.05, 0) is 12.1 Å². The molecule has 96 valence electrons. The lowest BCUT2D eigenvalue weighted by atomic mass is 10.2. The third kappa shape index (κ3) is 2.86. The van der Waals surface area contributed by atoms with E-state index in [9.17, 15) is 14.9 Å². The van der Waals surface area contributed by atoms with Gasteiger partial charge in [-0.2, -0.15) is 0 Å². The summed E-state index contributed by atoms with van der Waals surface area (Å²) in [6, 6.07) is 4.13. The van der Waals surface area contributed by atoms with Crippen LogP contribution in [-0.2, 0) is 0 Å². The average Bonchev–Trinajstić information content (AvgIpc) is 2.39. The van der Waals surface area contributed by atoms with Gasteiger partial charge in [0, 0.05) is 12.4 Å². The molecule has 0 saturated heterocycles. The Kier molecular flexibility index (Phi) is 3.71. The smallest absolute Gasteiger partial charge is 0.342 e. The highest BCUT2D eigenvalue weighted by atomic mass is 32.2. The first-order chi connectivity index (χ1) is 9.09. The van der Waals surface area contributed by atoms with Crippen molar-refractivity contribution in [2.24, 2.45) is 0 Å². The lowest BCUT2D eigenvalue weighted by Gasteiger charge is -2.04. The van der Waals surface area contributed by atoms with E-state index < -0.39 is 16.6 Å². The molecule has 7 nitrogen and oxygen atoms in total. The van der Waals surface area contributed by atoms with Gasteiger partial charge >= 0.3 is 5.97 Å². The van der Waals surface area contributed by atoms with Crippen LogP contribution in [0.2, 0.25) is 0 Å². The van der Waals surface area contributed by atoms with E-state index in [1.165, 1.54) is 36.8 Å². The van der Waals surface area contributed by atoms with Gasteiger partial charge in [-0.15, -0.1) is 0 Å². The minimum Gasteiger partial charge on any atom is -0.477 e. The molecule has 1 heterocycles. The van der Waals surface area contributed by atoms with Crippen LogP contribution in [0.4, 0.5) is 5.69 Å². The van der Waals surface area contributed by atoms with Crippen LogP contribution < -0.4 is 0 Å². The third-order valence-corrected chi connectivity index (χ3v) is 3.14. The molecule has 0 radical (unpaired) electrons. The van der Waals surface area contributed by atoms with E-state index in [1.54, 1.807) is 0 Å². The molecule has 0 atom stereocenters. The molecule has 1 aromatic heterocycles. The third-order valence-electron chi connectivity index (χ3n) is 2.17. The molecule has 2 aromatic rings. The van der Waals surface area contributed by atoms with E-state index in [-0.39, 0.29) is 10.5 Å². The van der Waals surface area contributed by atoms with Gasteiger partial charge in [0.15, 0.2) is 0 Å². The molecule has 2 rings (SSSR count). The molecule has 0 aliphatic carbocycles. The first-order valence-electron chi connectivity index (χ1n) is 5.04. The van der Waals surface area contributed by atoms with Crippen molar-refractivity contribution in [3.63, 3.8) is 0 Å². The second kappa shape index (κ2) is 5.44. The van der Waals surface area contributed by atoms with Crippen molar-refractivity contribution in [2.45, 2.75) is 9.92 Å². The van der Waals surface area contributed by atoms with Crippen LogP contribution in [0.5, 0.6) is 0 Å². The van der Waals surface area contributed by atoms with E-state index in [2.05, 4.69) is 9.97 Å². The quantitative estimate of drug-likeness (QED) is 0.674. The summed E-state index contributed by atoms with van der Waals surface area (Å²) >= 11 is 0.996. The van der Waals surface area contributed by atoms with Crippen molar-refractivity contribution in [3.8, 4) is 0 Å². The van der Waals surface area contributed by atoms with Crippen molar-refractivity contribution in [2.75, 3.05) is 0 Å². The Labute approximate surface area is 111 Å². The first kappa shape index (κ1) is 13.0. The summed E-state index contributed by atoms with van der Waals surface area (Å²) in [7, 11) is 0. The van der Waals surface area contributed by atoms with Gasteiger partial charge in [0.25, 0.3) is 5.69 Å². The molecule has 0 amide bonds. The van der Waals surface area contributed by atoms with Gasteiger partial charge in [0.05, 0.1) is 16.0 Å². The molecule has 19 heavy (non-hydrogen) atoms. The molecule has 0 fully saturated rings. The maximum Gasteiger partial charge on any atom is 0.342 e. The number of rotatable bonds is 4. The summed E-state index contributed by atoms with van der Waals surface area (Å²) in [5.41, 5.74) is -0.787. The van der Waals surface area contributed by atoms with E-state index in [4.69, 9.17) is 5.11 Å². The number of nitro groups is 1. The van der Waals surface area contributed by atoms with Crippen molar-refractivity contribution in [1.29, 1.82) is 0 Å². The van der Waals surface area contributed by atoms with Crippen molar-refractivity contribution >= 4 is 23.4 Å². The maximum absolute atomic E-state index is 11.0. The zero-order chi connectivity index (χ0) is 13.8. The first-order valence-corrected chi connectivity index (χ1v) is 5.86. The van der Waals surface area contributed by atoms with Gasteiger partial charge in [-0.1, -0.05) is 17.8 Å². The molecule has 0 saturated carbocycles. The summed E-state index contributed by atoms with van der Waals surface area (Å²) in [4.78, 5) is 29.3. The van der Waals surface area contributed by atoms with Crippen LogP contribution >= 0.6 is 11.8 Å². The summed E-state index contributed by atoms with van der Waals surface area (Å²) in [6.45, 7) is 0. The van der Waals surface area contributed by atoms with Crippen molar-refractivity contribution in [1.82, 2.24) is 9.97 Å². The largest absolute Gasteiger partial charge is 0.477 e. The number of aromatic carboxylic acids is 1. The maximum atomic E-state index is 11.0. The van der Waals surface area contributed by atoms with Crippen LogP contribution in [0.3, 0.4) is 0 Å². The number of carbonyl (C=O) groups is 1. The van der Waals surface area contributed by atoms with E-state index in [0.717, 1.165) is 11.8 Å². The lowest BCUT2D eigenvalue weighted by molar-refractivity contribution is -0.388. The van der Waals surface area contributed by atoms with Crippen molar-refractivity contribution < 1.29 is 14.8 Å². The molecular weight excluding hydrogens is 270 g/mol. The molecule has 0 aliphatic heterocycles. The van der Waals surface area contributed by atoms with E-state index >= 15 is 0 Å². The number of nitro benzene ring substituents is 1. The van der Waals surface area contributed by atoms with Crippen LogP contribution in [0, 0.1) is 10.1 Å². The van der Waals surface area contributed by atoms with Crippen LogP contribution in [0.15, 0.2) is 46.7 Å². The number of nitrogens with zero attached hydrogens (tertiary/aromatic N) is 3. The number of carboxylic acids is 1. The molecule has 0 unspecified atom stereocenters. The molecule has 0 spiro atoms. The Bertz CT molecular complexity index is 633. The summed E-state index contributed by atoms with van der Waals surface area (Å²) in [6.07, 6.45) is 4.38. The topological polar surface area (TPSA) is 106 Å². The fourth-order valence-electron chi connectivity index (χ4n) is 1.42. The highest BCUT2D eigenvalue weighted by Crippen LogP contribution is 2.35. The fraction of sp³-hybridized carbons (Fsp3) is 0. The predicted octanol–water partition coefficient (Wildman–Crippen LogP) is 2.23. The Morgan fingerprint density at radius 3 is 2.74 bits per heavy atom. The molecule has 8 heteroatoms. The van der Waals surface area contributed by atoms with Gasteiger partial charge in [0.1, 0.15) is 10.6 Å². The minimum atomic E-state index is -1.34. The standard InChI is InChI=1S/C11H7N3O4S/c15-11(16)7-2-1-3-8(10(7)14(17)18)19-9-6-12-4-5-13-9/h1-6H,(H,15,16). The second-order valence-electron chi connectivity index (χ2n) is 3.36.